The number of ether oxygens (including phenoxy) is 1. The van der Waals surface area contributed by atoms with Crippen LogP contribution in [0.3, 0.4) is 0 Å². The summed E-state index contributed by atoms with van der Waals surface area (Å²) in [5.74, 6) is 0.391. The van der Waals surface area contributed by atoms with E-state index in [-0.39, 0.29) is 23.6 Å². The summed E-state index contributed by atoms with van der Waals surface area (Å²) in [7, 11) is 1.61. The Labute approximate surface area is 213 Å². The van der Waals surface area contributed by atoms with E-state index in [0.717, 1.165) is 48.0 Å². The molecule has 3 aromatic heterocycles. The van der Waals surface area contributed by atoms with Crippen LogP contribution in [-0.2, 0) is 0 Å². The molecule has 1 aromatic carbocycles. The van der Waals surface area contributed by atoms with E-state index < -0.39 is 5.82 Å². The average molecular weight is 508 g/mol. The molecule has 36 heavy (non-hydrogen) atoms. The Bertz CT molecular complexity index is 1430. The van der Waals surface area contributed by atoms with Gasteiger partial charge in [-0.3, -0.25) is 4.98 Å². The van der Waals surface area contributed by atoms with Gasteiger partial charge in [0.15, 0.2) is 0 Å². The summed E-state index contributed by atoms with van der Waals surface area (Å²) in [6.07, 6.45) is 10.7. The number of hydrogen-bond acceptors (Lipinski definition) is 6. The fourth-order valence-corrected chi connectivity index (χ4v) is 4.72. The van der Waals surface area contributed by atoms with Crippen LogP contribution < -0.4 is 21.5 Å². The van der Waals surface area contributed by atoms with Crippen LogP contribution in [0.5, 0.6) is 5.75 Å². The molecule has 0 aliphatic heterocycles. The Balaban J connectivity index is 1.63. The summed E-state index contributed by atoms with van der Waals surface area (Å²) >= 11 is 6.24. The number of rotatable bonds is 6. The fraction of sp³-hybridized carbons (Fsp3) is 0.269. The molecule has 0 spiro atoms. The first-order chi connectivity index (χ1) is 17.4. The van der Waals surface area contributed by atoms with Crippen LogP contribution >= 0.6 is 11.6 Å². The molecule has 1 aliphatic carbocycles. The lowest BCUT2D eigenvalue weighted by Crippen LogP contribution is -2.33. The molecule has 0 saturated heterocycles. The minimum atomic E-state index is -0.445. The highest BCUT2D eigenvalue weighted by Crippen LogP contribution is 2.35. The third-order valence-corrected chi connectivity index (χ3v) is 6.82. The van der Waals surface area contributed by atoms with Gasteiger partial charge in [0.05, 0.1) is 47.0 Å². The number of nitrogens with one attached hydrogen (secondary N) is 1. The lowest BCUT2D eigenvalue weighted by atomic mass is 9.91. The maximum absolute atomic E-state index is 13.8. The van der Waals surface area contributed by atoms with Crippen molar-refractivity contribution in [3.05, 3.63) is 71.5 Å². The molecule has 0 bridgehead atoms. The van der Waals surface area contributed by atoms with Crippen LogP contribution in [0.25, 0.3) is 16.6 Å². The second kappa shape index (κ2) is 10.1. The predicted molar refractivity (Wildman–Crippen MR) is 141 cm³/mol. The number of hydrogen-bond donors (Lipinski definition) is 3. The molecule has 4 aromatic rings. The quantitative estimate of drug-likeness (QED) is 0.252. The minimum Gasteiger partial charge on any atom is -0.494 e. The molecule has 5 rings (SSSR count). The molecule has 5 N–H and O–H groups in total. The molecule has 1 aliphatic rings. The van der Waals surface area contributed by atoms with Gasteiger partial charge in [-0.15, -0.1) is 0 Å². The van der Waals surface area contributed by atoms with Crippen molar-refractivity contribution in [2.75, 3.05) is 12.4 Å². The molecule has 3 heterocycles. The van der Waals surface area contributed by atoms with E-state index >= 15 is 0 Å². The lowest BCUT2D eigenvalue weighted by Gasteiger charge is -2.28. The third-order valence-electron chi connectivity index (χ3n) is 6.50. The van der Waals surface area contributed by atoms with Crippen molar-refractivity contribution in [3.8, 4) is 16.9 Å². The van der Waals surface area contributed by atoms with Crippen LogP contribution in [-0.4, -0.2) is 39.6 Å². The van der Waals surface area contributed by atoms with Gasteiger partial charge in [-0.1, -0.05) is 11.6 Å². The predicted octanol–water partition coefficient (Wildman–Crippen LogP) is 4.92. The summed E-state index contributed by atoms with van der Waals surface area (Å²) in [5, 5.41) is 8.56. The summed E-state index contributed by atoms with van der Waals surface area (Å²) < 4.78 is 21.1. The van der Waals surface area contributed by atoms with Gasteiger partial charge in [-0.05, 0) is 49.9 Å². The Morgan fingerprint density at radius 3 is 2.78 bits per heavy atom. The average Bonchev–Trinajstić information content (AvgIpc) is 3.32. The van der Waals surface area contributed by atoms with Crippen molar-refractivity contribution >= 4 is 34.3 Å². The number of aliphatic imine (C=N–C) groups is 1. The van der Waals surface area contributed by atoms with E-state index in [4.69, 9.17) is 27.8 Å². The van der Waals surface area contributed by atoms with Crippen molar-refractivity contribution in [3.63, 3.8) is 0 Å². The van der Waals surface area contributed by atoms with Crippen molar-refractivity contribution in [1.82, 2.24) is 14.6 Å². The molecule has 0 radical (unpaired) electrons. The van der Waals surface area contributed by atoms with Gasteiger partial charge < -0.3 is 21.5 Å². The standard InChI is InChI=1S/C26H27ClFN7O/c1-36-24-13-31-9-8-19(24)15-10-23-25(33-18-5-3-17(29)4-6-18)20(12-32-35(23)14-15)26(30)34-22-11-16(28)2-7-21(22)27/h2,7-14,17-18,33H,3-6,29H2,1H3,(H2,30,34)/t17-,18-. The van der Waals surface area contributed by atoms with Crippen LogP contribution in [0.1, 0.15) is 31.2 Å². The normalized spacial score (nSPS) is 18.4. The Kier molecular flexibility index (Phi) is 6.75. The van der Waals surface area contributed by atoms with Crippen LogP contribution in [0.4, 0.5) is 15.8 Å². The number of nitrogens with zero attached hydrogens (tertiary/aromatic N) is 4. The van der Waals surface area contributed by atoms with Crippen LogP contribution in [0.15, 0.2) is 60.1 Å². The van der Waals surface area contributed by atoms with Crippen molar-refractivity contribution < 1.29 is 9.13 Å². The zero-order valence-corrected chi connectivity index (χ0v) is 20.5. The summed E-state index contributed by atoms with van der Waals surface area (Å²) in [6, 6.07) is 8.34. The molecule has 1 fully saturated rings. The molecule has 0 unspecified atom stereocenters. The minimum absolute atomic E-state index is 0.178. The first-order valence-corrected chi connectivity index (χ1v) is 12.1. The van der Waals surface area contributed by atoms with Crippen molar-refractivity contribution in [2.24, 2.45) is 16.5 Å². The van der Waals surface area contributed by atoms with Gasteiger partial charge >= 0.3 is 0 Å². The molecule has 186 valence electrons. The van der Waals surface area contributed by atoms with E-state index in [0.29, 0.717) is 16.3 Å². The second-order valence-corrected chi connectivity index (χ2v) is 9.32. The SMILES string of the molecule is COc1cnccc1-c1cc2c(N[C@H]3CC[C@H](N)CC3)c(C(N)=Nc3cc(F)ccc3Cl)cnn2c1. The lowest BCUT2D eigenvalue weighted by molar-refractivity contribution is 0.411. The molecule has 8 nitrogen and oxygen atoms in total. The number of fused-ring (bicyclic) bond motifs is 1. The van der Waals surface area contributed by atoms with E-state index in [1.54, 1.807) is 30.2 Å². The molecule has 0 atom stereocenters. The van der Waals surface area contributed by atoms with Gasteiger partial charge in [0.1, 0.15) is 17.4 Å². The van der Waals surface area contributed by atoms with Crippen molar-refractivity contribution in [1.29, 1.82) is 0 Å². The fourth-order valence-electron chi connectivity index (χ4n) is 4.56. The van der Waals surface area contributed by atoms with Gasteiger partial charge in [0.2, 0.25) is 0 Å². The van der Waals surface area contributed by atoms with Crippen LogP contribution in [0.2, 0.25) is 5.02 Å². The highest BCUT2D eigenvalue weighted by atomic mass is 35.5. The number of pyridine rings is 1. The zero-order valence-electron chi connectivity index (χ0n) is 19.8. The molecular formula is C26H27ClFN7O. The molecule has 0 amide bonds. The van der Waals surface area contributed by atoms with Gasteiger partial charge in [0.25, 0.3) is 0 Å². The van der Waals surface area contributed by atoms with E-state index in [1.165, 1.54) is 18.2 Å². The summed E-state index contributed by atoms with van der Waals surface area (Å²) in [6.45, 7) is 0. The topological polar surface area (TPSA) is 116 Å². The van der Waals surface area contributed by atoms with Crippen molar-refractivity contribution in [2.45, 2.75) is 37.8 Å². The zero-order chi connectivity index (χ0) is 25.2. The number of anilines is 1. The summed E-state index contributed by atoms with van der Waals surface area (Å²) in [5.41, 5.74) is 16.9. The number of benzene rings is 1. The monoisotopic (exact) mass is 507 g/mol. The van der Waals surface area contributed by atoms with E-state index in [1.807, 2.05) is 18.3 Å². The maximum atomic E-state index is 13.8. The van der Waals surface area contributed by atoms with E-state index in [9.17, 15) is 4.39 Å². The Morgan fingerprint density at radius 1 is 1.19 bits per heavy atom. The largest absolute Gasteiger partial charge is 0.494 e. The summed E-state index contributed by atoms with van der Waals surface area (Å²) in [4.78, 5) is 8.59. The highest BCUT2D eigenvalue weighted by Gasteiger charge is 2.22. The highest BCUT2D eigenvalue weighted by molar-refractivity contribution is 6.33. The van der Waals surface area contributed by atoms with E-state index in [2.05, 4.69) is 20.4 Å². The number of methoxy groups -OCH3 is 1. The van der Waals surface area contributed by atoms with Gasteiger partial charge in [-0.2, -0.15) is 5.10 Å². The smallest absolute Gasteiger partial charge is 0.145 e. The Morgan fingerprint density at radius 2 is 2.00 bits per heavy atom. The maximum Gasteiger partial charge on any atom is 0.145 e. The molecule has 1 saturated carbocycles. The number of halogens is 2. The van der Waals surface area contributed by atoms with Gasteiger partial charge in [-0.25, -0.2) is 13.9 Å². The molecule has 10 heteroatoms. The first kappa shape index (κ1) is 24.0. The van der Waals surface area contributed by atoms with Crippen LogP contribution in [0, 0.1) is 5.82 Å². The molecular weight excluding hydrogens is 481 g/mol. The second-order valence-electron chi connectivity index (χ2n) is 8.92. The number of amidine groups is 1. The third kappa shape index (κ3) is 4.84. The number of nitrogens with two attached hydrogens (primary N) is 2. The Hall–Kier alpha value is -3.69. The van der Waals surface area contributed by atoms with Gasteiger partial charge in [0, 0.05) is 41.7 Å². The first-order valence-electron chi connectivity index (χ1n) is 11.7. The number of aromatic nitrogens is 3.